The van der Waals surface area contributed by atoms with Gasteiger partial charge in [-0.15, -0.1) is 0 Å². The van der Waals surface area contributed by atoms with Crippen LogP contribution in [0.4, 0.5) is 11.4 Å². The summed E-state index contributed by atoms with van der Waals surface area (Å²) in [4.78, 5) is 47.3. The molecule has 0 radical (unpaired) electrons. The predicted molar refractivity (Wildman–Crippen MR) is 123 cm³/mol. The normalized spacial score (nSPS) is 14.0. The number of rotatable bonds is 6. The molecule has 0 aliphatic heterocycles. The smallest absolute Gasteiger partial charge is 0.329 e. The Labute approximate surface area is 194 Å². The van der Waals surface area contributed by atoms with Crippen LogP contribution >= 0.6 is 11.6 Å². The molecule has 172 valence electrons. The molecule has 10 nitrogen and oxygen atoms in total. The number of para-hydroxylation sites is 1. The molecule has 1 aliphatic carbocycles. The molecule has 1 aliphatic rings. The number of nitro benzene ring substituents is 1. The van der Waals surface area contributed by atoms with Crippen LogP contribution in [0.2, 0.25) is 5.02 Å². The van der Waals surface area contributed by atoms with E-state index in [9.17, 15) is 24.5 Å². The van der Waals surface area contributed by atoms with Crippen molar-refractivity contribution < 1.29 is 19.3 Å². The van der Waals surface area contributed by atoms with Crippen LogP contribution in [0.15, 0.2) is 47.6 Å². The van der Waals surface area contributed by atoms with E-state index in [4.69, 9.17) is 11.6 Å². The van der Waals surface area contributed by atoms with E-state index in [2.05, 4.69) is 15.7 Å². The maximum absolute atomic E-state index is 12.7. The second-order valence-corrected chi connectivity index (χ2v) is 7.88. The summed E-state index contributed by atoms with van der Waals surface area (Å²) in [6.07, 6.45) is 6.25. The van der Waals surface area contributed by atoms with Crippen LogP contribution in [-0.4, -0.2) is 34.9 Å². The van der Waals surface area contributed by atoms with Crippen LogP contribution in [0.3, 0.4) is 0 Å². The number of amides is 3. The molecule has 0 spiro atoms. The second-order valence-electron chi connectivity index (χ2n) is 7.48. The van der Waals surface area contributed by atoms with Crippen LogP contribution in [0, 0.1) is 10.1 Å². The molecule has 0 atom stereocenters. The van der Waals surface area contributed by atoms with Gasteiger partial charge in [-0.3, -0.25) is 24.5 Å². The largest absolute Gasteiger partial charge is 0.349 e. The summed E-state index contributed by atoms with van der Waals surface area (Å²) in [6.45, 7) is 0. The quantitative estimate of drug-likeness (QED) is 0.256. The number of hydrogen-bond acceptors (Lipinski definition) is 6. The molecular formula is C22H22ClN5O5. The zero-order chi connectivity index (χ0) is 23.8. The van der Waals surface area contributed by atoms with Crippen LogP contribution in [0.25, 0.3) is 0 Å². The molecule has 0 aromatic heterocycles. The van der Waals surface area contributed by atoms with Crippen molar-refractivity contribution in [3.05, 3.63) is 68.7 Å². The maximum atomic E-state index is 12.7. The number of carbonyl (C=O) groups excluding carboxylic acids is 3. The number of hydrogen-bond donors (Lipinski definition) is 3. The van der Waals surface area contributed by atoms with Crippen molar-refractivity contribution in [1.29, 1.82) is 0 Å². The van der Waals surface area contributed by atoms with E-state index >= 15 is 0 Å². The van der Waals surface area contributed by atoms with Crippen LogP contribution in [-0.2, 0) is 9.59 Å². The van der Waals surface area contributed by atoms with Gasteiger partial charge in [0.1, 0.15) is 5.02 Å². The minimum absolute atomic E-state index is 0.0354. The van der Waals surface area contributed by atoms with Crippen molar-refractivity contribution in [2.45, 2.75) is 38.1 Å². The summed E-state index contributed by atoms with van der Waals surface area (Å²) >= 11 is 5.75. The summed E-state index contributed by atoms with van der Waals surface area (Å²) in [5.41, 5.74) is 2.48. The first-order valence-electron chi connectivity index (χ1n) is 10.3. The highest BCUT2D eigenvalue weighted by atomic mass is 35.5. The van der Waals surface area contributed by atoms with Crippen molar-refractivity contribution >= 4 is 46.9 Å². The van der Waals surface area contributed by atoms with E-state index in [1.54, 1.807) is 18.2 Å². The Hall–Kier alpha value is -3.79. The zero-order valence-corrected chi connectivity index (χ0v) is 18.3. The van der Waals surface area contributed by atoms with Crippen molar-refractivity contribution in [2.24, 2.45) is 5.10 Å². The Morgan fingerprint density at radius 3 is 2.52 bits per heavy atom. The van der Waals surface area contributed by atoms with E-state index in [0.717, 1.165) is 38.3 Å². The Balaban J connectivity index is 1.60. The predicted octanol–water partition coefficient (Wildman–Crippen LogP) is 3.40. The third kappa shape index (κ3) is 6.59. The number of halogens is 1. The Morgan fingerprint density at radius 2 is 1.79 bits per heavy atom. The first kappa shape index (κ1) is 23.9. The second kappa shape index (κ2) is 11.2. The lowest BCUT2D eigenvalue weighted by atomic mass is 9.95. The summed E-state index contributed by atoms with van der Waals surface area (Å²) < 4.78 is 0. The van der Waals surface area contributed by atoms with Gasteiger partial charge in [-0.05, 0) is 31.0 Å². The van der Waals surface area contributed by atoms with E-state index in [1.165, 1.54) is 24.3 Å². The molecule has 2 aromatic rings. The van der Waals surface area contributed by atoms with Gasteiger partial charge in [0.15, 0.2) is 0 Å². The number of benzene rings is 2. The number of carbonyl (C=O) groups is 3. The van der Waals surface area contributed by atoms with Gasteiger partial charge in [-0.1, -0.05) is 49.1 Å². The molecule has 0 bridgehead atoms. The van der Waals surface area contributed by atoms with Crippen molar-refractivity contribution in [3.8, 4) is 0 Å². The highest BCUT2D eigenvalue weighted by molar-refractivity contribution is 6.40. The SMILES string of the molecule is O=C(N/N=C/c1ccc(Cl)c([N+](=O)[O-])c1)C(=O)Nc1ccccc1C(=O)NC1CCCCC1. The fourth-order valence-electron chi connectivity index (χ4n) is 3.45. The standard InChI is InChI=1S/C22H22ClN5O5/c23-17-11-10-14(12-19(17)28(32)33)13-24-27-22(31)21(30)26-18-9-5-4-8-16(18)20(29)25-15-6-2-1-3-7-15/h4-5,8-13,15H,1-3,6-7H2,(H,25,29)(H,26,30)(H,27,31)/b24-13+. The Bertz CT molecular complexity index is 1100. The molecule has 3 amide bonds. The summed E-state index contributed by atoms with van der Waals surface area (Å²) in [5, 5.41) is 19.9. The monoisotopic (exact) mass is 471 g/mol. The average molecular weight is 472 g/mol. The van der Waals surface area contributed by atoms with Gasteiger partial charge in [0, 0.05) is 17.7 Å². The number of nitrogens with zero attached hydrogens (tertiary/aromatic N) is 2. The van der Waals surface area contributed by atoms with E-state index in [-0.39, 0.29) is 33.9 Å². The molecule has 0 heterocycles. The van der Waals surface area contributed by atoms with Crippen LogP contribution in [0.1, 0.15) is 48.0 Å². The third-order valence-corrected chi connectivity index (χ3v) is 5.43. The Morgan fingerprint density at radius 1 is 1.06 bits per heavy atom. The van der Waals surface area contributed by atoms with Gasteiger partial charge >= 0.3 is 11.8 Å². The van der Waals surface area contributed by atoms with Crippen LogP contribution < -0.4 is 16.1 Å². The summed E-state index contributed by atoms with van der Waals surface area (Å²) in [7, 11) is 0. The maximum Gasteiger partial charge on any atom is 0.329 e. The number of nitrogens with one attached hydrogen (secondary N) is 3. The van der Waals surface area contributed by atoms with Crippen molar-refractivity contribution in [1.82, 2.24) is 10.7 Å². The molecule has 0 saturated heterocycles. The fourth-order valence-corrected chi connectivity index (χ4v) is 3.63. The van der Waals surface area contributed by atoms with Gasteiger partial charge < -0.3 is 10.6 Å². The third-order valence-electron chi connectivity index (χ3n) is 5.11. The van der Waals surface area contributed by atoms with E-state index in [0.29, 0.717) is 5.56 Å². The highest BCUT2D eigenvalue weighted by Gasteiger charge is 2.21. The van der Waals surface area contributed by atoms with Crippen molar-refractivity contribution in [2.75, 3.05) is 5.32 Å². The van der Waals surface area contributed by atoms with Gasteiger partial charge in [-0.2, -0.15) is 5.10 Å². The minimum Gasteiger partial charge on any atom is -0.349 e. The molecule has 0 unspecified atom stereocenters. The molecule has 3 N–H and O–H groups in total. The molecule has 3 rings (SSSR count). The Kier molecular flexibility index (Phi) is 8.09. The van der Waals surface area contributed by atoms with Gasteiger partial charge in [0.25, 0.3) is 11.6 Å². The summed E-state index contributed by atoms with van der Waals surface area (Å²) in [6, 6.07) is 10.5. The molecule has 1 fully saturated rings. The highest BCUT2D eigenvalue weighted by Crippen LogP contribution is 2.24. The number of nitro groups is 1. The molecule has 11 heteroatoms. The van der Waals surface area contributed by atoms with Crippen LogP contribution in [0.5, 0.6) is 0 Å². The summed E-state index contributed by atoms with van der Waals surface area (Å²) in [5.74, 6) is -2.41. The number of anilines is 1. The minimum atomic E-state index is -1.07. The lowest BCUT2D eigenvalue weighted by molar-refractivity contribution is -0.384. The first-order chi connectivity index (χ1) is 15.8. The van der Waals surface area contributed by atoms with Gasteiger partial charge in [-0.25, -0.2) is 5.43 Å². The van der Waals surface area contributed by atoms with Gasteiger partial charge in [0.2, 0.25) is 0 Å². The molecule has 33 heavy (non-hydrogen) atoms. The first-order valence-corrected chi connectivity index (χ1v) is 10.7. The van der Waals surface area contributed by atoms with Crippen molar-refractivity contribution in [3.63, 3.8) is 0 Å². The van der Waals surface area contributed by atoms with E-state index in [1.807, 2.05) is 5.43 Å². The molecule has 1 saturated carbocycles. The number of hydrazone groups is 1. The zero-order valence-electron chi connectivity index (χ0n) is 17.5. The lowest BCUT2D eigenvalue weighted by Gasteiger charge is -2.23. The molecule has 2 aromatic carbocycles. The molecular weight excluding hydrogens is 450 g/mol. The van der Waals surface area contributed by atoms with E-state index < -0.39 is 16.7 Å². The average Bonchev–Trinajstić information content (AvgIpc) is 2.80. The topological polar surface area (TPSA) is 143 Å². The lowest BCUT2D eigenvalue weighted by Crippen LogP contribution is -2.37. The fraction of sp³-hybridized carbons (Fsp3) is 0.273. The van der Waals surface area contributed by atoms with Gasteiger partial charge in [0.05, 0.1) is 22.4 Å².